The molecule has 3 heterocycles. The summed E-state index contributed by atoms with van der Waals surface area (Å²) < 4.78 is 18.8. The number of carboxylic acids is 1. The number of nitrogens with zero attached hydrogens (tertiary/aromatic N) is 4. The summed E-state index contributed by atoms with van der Waals surface area (Å²) in [6, 6.07) is 16.1. The summed E-state index contributed by atoms with van der Waals surface area (Å²) in [7, 11) is 0. The lowest BCUT2D eigenvalue weighted by Crippen LogP contribution is -2.51. The second-order valence-electron chi connectivity index (χ2n) is 8.46. The van der Waals surface area contributed by atoms with Gasteiger partial charge in [0, 0.05) is 0 Å². The lowest BCUT2D eigenvalue weighted by molar-refractivity contribution is -0.155. The molecule has 2 aromatic carbocycles. The molecule has 2 aromatic heterocycles. The van der Waals surface area contributed by atoms with E-state index in [1.54, 1.807) is 36.4 Å². The van der Waals surface area contributed by atoms with E-state index in [9.17, 15) is 19.5 Å². The van der Waals surface area contributed by atoms with Gasteiger partial charge in [0.15, 0.2) is 35.5 Å². The third-order valence-corrected chi connectivity index (χ3v) is 6.05. The molecule has 0 bridgehead atoms. The van der Waals surface area contributed by atoms with E-state index in [0.29, 0.717) is 0 Å². The third kappa shape index (κ3) is 4.23. The van der Waals surface area contributed by atoms with E-state index >= 15 is 0 Å². The molecule has 1 aliphatic rings. The molecule has 0 amide bonds. The van der Waals surface area contributed by atoms with Gasteiger partial charge in [0.05, 0.1) is 17.5 Å². The number of aliphatic carboxylic acids is 1. The summed E-state index contributed by atoms with van der Waals surface area (Å²) in [4.78, 5) is 50.8. The first-order chi connectivity index (χ1) is 17.8. The number of carbonyl (C=O) groups excluding carboxylic acids is 2. The third-order valence-electron chi connectivity index (χ3n) is 6.05. The summed E-state index contributed by atoms with van der Waals surface area (Å²) in [5, 5.41) is 10.00. The van der Waals surface area contributed by atoms with E-state index in [4.69, 9.17) is 19.9 Å². The average molecular weight is 503 g/mol. The Labute approximate surface area is 209 Å². The second-order valence-corrected chi connectivity index (χ2v) is 8.46. The highest BCUT2D eigenvalue weighted by Gasteiger charge is 2.62. The molecular weight excluding hydrogens is 482 g/mol. The molecule has 4 atom stereocenters. The number of esters is 2. The van der Waals surface area contributed by atoms with Crippen LogP contribution in [0.3, 0.4) is 0 Å². The number of carbonyl (C=O) groups is 3. The number of nitrogens with two attached hydrogens (primary N) is 1. The number of carboxylic acid groups (broad SMARTS) is 1. The van der Waals surface area contributed by atoms with E-state index < -0.39 is 41.9 Å². The highest BCUT2D eigenvalue weighted by molar-refractivity contribution is 5.91. The van der Waals surface area contributed by atoms with Crippen LogP contribution in [0.1, 0.15) is 33.9 Å². The van der Waals surface area contributed by atoms with Gasteiger partial charge in [-0.15, -0.1) is 0 Å². The summed E-state index contributed by atoms with van der Waals surface area (Å²) >= 11 is 0. The first kappa shape index (κ1) is 23.9. The summed E-state index contributed by atoms with van der Waals surface area (Å²) in [5.74, 6) is -2.92. The Morgan fingerprint density at radius 1 is 0.973 bits per heavy atom. The van der Waals surface area contributed by atoms with Crippen molar-refractivity contribution < 1.29 is 33.7 Å². The van der Waals surface area contributed by atoms with Gasteiger partial charge in [-0.05, 0) is 31.2 Å². The van der Waals surface area contributed by atoms with Crippen LogP contribution in [0.25, 0.3) is 11.2 Å². The van der Waals surface area contributed by atoms with Gasteiger partial charge in [0.2, 0.25) is 0 Å². The van der Waals surface area contributed by atoms with E-state index in [2.05, 4.69) is 15.0 Å². The largest absolute Gasteiger partial charge is 0.479 e. The van der Waals surface area contributed by atoms with Crippen molar-refractivity contribution >= 4 is 34.9 Å². The minimum atomic E-state index is -1.84. The molecule has 0 spiro atoms. The summed E-state index contributed by atoms with van der Waals surface area (Å²) in [6.45, 7) is 1.43. The number of aromatic nitrogens is 4. The second kappa shape index (κ2) is 9.32. The molecule has 3 N–H and O–H groups in total. The zero-order chi connectivity index (χ0) is 26.2. The maximum Gasteiger partial charge on any atom is 0.338 e. The number of hydrogen-bond acceptors (Lipinski definition) is 10. The van der Waals surface area contributed by atoms with Crippen molar-refractivity contribution in [2.24, 2.45) is 0 Å². The number of ether oxygens (including phenoxy) is 3. The Kier molecular flexibility index (Phi) is 6.01. The van der Waals surface area contributed by atoms with Gasteiger partial charge in [0.1, 0.15) is 11.8 Å². The highest BCUT2D eigenvalue weighted by atomic mass is 16.7. The summed E-state index contributed by atoms with van der Waals surface area (Å²) in [6.07, 6.45) is -2.03. The number of benzene rings is 2. The zero-order valence-corrected chi connectivity index (χ0v) is 19.4. The molecule has 0 saturated carbocycles. The normalized spacial score (nSPS) is 23.0. The molecule has 0 radical (unpaired) electrons. The molecule has 5 rings (SSSR count). The van der Waals surface area contributed by atoms with Crippen LogP contribution in [-0.4, -0.2) is 60.3 Å². The lowest BCUT2D eigenvalue weighted by atomic mass is 9.95. The Hall–Kier alpha value is -4.84. The Bertz CT molecular complexity index is 1480. The van der Waals surface area contributed by atoms with Crippen molar-refractivity contribution in [3.05, 3.63) is 84.4 Å². The van der Waals surface area contributed by atoms with Gasteiger partial charge in [-0.2, -0.15) is 0 Å². The van der Waals surface area contributed by atoms with E-state index in [0.717, 1.165) is 0 Å². The molecular formula is C25H21N5O7. The fourth-order valence-electron chi connectivity index (χ4n) is 4.24. The van der Waals surface area contributed by atoms with Gasteiger partial charge in [-0.25, -0.2) is 29.3 Å². The van der Waals surface area contributed by atoms with Crippen LogP contribution in [0.15, 0.2) is 73.3 Å². The molecule has 4 aromatic rings. The van der Waals surface area contributed by atoms with Crippen molar-refractivity contribution in [3.8, 4) is 0 Å². The number of nitrogen functional groups attached to an aromatic ring is 1. The molecule has 0 unspecified atom stereocenters. The SMILES string of the molecule is C[C@@]1(OC(=O)c2ccccc2)[C@H](OC(=O)c2ccccc2)[C@@H](C(=O)O)O[C@H]1n1cnc2c(N)ncnc21. The smallest absolute Gasteiger partial charge is 0.338 e. The monoisotopic (exact) mass is 503 g/mol. The van der Waals surface area contributed by atoms with Crippen LogP contribution in [-0.2, 0) is 19.0 Å². The first-order valence-electron chi connectivity index (χ1n) is 11.2. The van der Waals surface area contributed by atoms with E-state index in [-0.39, 0.29) is 28.1 Å². The molecule has 1 saturated heterocycles. The number of imidazole rings is 1. The Morgan fingerprint density at radius 2 is 1.59 bits per heavy atom. The molecule has 0 aliphatic carbocycles. The van der Waals surface area contributed by atoms with Crippen LogP contribution in [0.2, 0.25) is 0 Å². The summed E-state index contributed by atoms with van der Waals surface area (Å²) in [5.41, 5.74) is 4.90. The minimum absolute atomic E-state index is 0.0894. The van der Waals surface area contributed by atoms with Crippen LogP contribution in [0, 0.1) is 0 Å². The molecule has 1 aliphatic heterocycles. The standard InChI is InChI=1S/C25H21N5O7/c1-25(37-23(34)15-10-6-3-7-11-15)18(36-22(33)14-8-4-2-5-9-14)17(21(31)32)35-24(25)30-13-29-16-19(26)27-12-28-20(16)30/h2-13,17-18,24H,1H3,(H,31,32)(H2,26,27,28)/t17-,18+,24+,25+/m0/s1. The van der Waals surface area contributed by atoms with Gasteiger partial charge >= 0.3 is 17.9 Å². The van der Waals surface area contributed by atoms with Crippen molar-refractivity contribution in [2.75, 3.05) is 5.73 Å². The zero-order valence-electron chi connectivity index (χ0n) is 19.4. The predicted octanol–water partition coefficient (Wildman–Crippen LogP) is 2.23. The molecule has 1 fully saturated rings. The first-order valence-corrected chi connectivity index (χ1v) is 11.2. The molecule has 12 nitrogen and oxygen atoms in total. The van der Waals surface area contributed by atoms with E-state index in [1.165, 1.54) is 48.4 Å². The Balaban J connectivity index is 1.61. The van der Waals surface area contributed by atoms with Crippen LogP contribution < -0.4 is 5.73 Å². The van der Waals surface area contributed by atoms with Gasteiger partial charge < -0.3 is 25.1 Å². The van der Waals surface area contributed by atoms with Gasteiger partial charge in [-0.1, -0.05) is 36.4 Å². The van der Waals surface area contributed by atoms with E-state index in [1.807, 2.05) is 0 Å². The maximum atomic E-state index is 13.2. The fourth-order valence-corrected chi connectivity index (χ4v) is 4.24. The highest BCUT2D eigenvalue weighted by Crippen LogP contribution is 2.45. The van der Waals surface area contributed by atoms with Crippen molar-refractivity contribution in [1.29, 1.82) is 0 Å². The predicted molar refractivity (Wildman–Crippen MR) is 127 cm³/mol. The number of anilines is 1. The molecule has 12 heteroatoms. The lowest BCUT2D eigenvalue weighted by Gasteiger charge is -2.34. The van der Waals surface area contributed by atoms with Crippen LogP contribution in [0.4, 0.5) is 5.82 Å². The quantitative estimate of drug-likeness (QED) is 0.370. The molecule has 37 heavy (non-hydrogen) atoms. The van der Waals surface area contributed by atoms with Crippen molar-refractivity contribution in [2.45, 2.75) is 31.0 Å². The maximum absolute atomic E-state index is 13.2. The van der Waals surface area contributed by atoms with Gasteiger partial charge in [-0.3, -0.25) is 4.57 Å². The topological polar surface area (TPSA) is 169 Å². The fraction of sp³-hybridized carbons (Fsp3) is 0.200. The number of hydrogen-bond donors (Lipinski definition) is 2. The minimum Gasteiger partial charge on any atom is -0.479 e. The average Bonchev–Trinajstić information content (AvgIpc) is 3.45. The van der Waals surface area contributed by atoms with Crippen molar-refractivity contribution in [3.63, 3.8) is 0 Å². The van der Waals surface area contributed by atoms with Crippen molar-refractivity contribution in [1.82, 2.24) is 19.5 Å². The van der Waals surface area contributed by atoms with Crippen LogP contribution >= 0.6 is 0 Å². The van der Waals surface area contributed by atoms with Gasteiger partial charge in [0.25, 0.3) is 0 Å². The number of fused-ring (bicyclic) bond motifs is 1. The Morgan fingerprint density at radius 3 is 2.22 bits per heavy atom. The van der Waals surface area contributed by atoms with Crippen LogP contribution in [0.5, 0.6) is 0 Å². The number of rotatable bonds is 6. The molecule has 188 valence electrons.